The highest BCUT2D eigenvalue weighted by Gasteiger charge is 2.35. The molecule has 0 aromatic heterocycles. The first kappa shape index (κ1) is 16.4. The lowest BCUT2D eigenvalue weighted by Crippen LogP contribution is -2.33. The lowest BCUT2D eigenvalue weighted by molar-refractivity contribution is 0.0981. The Kier molecular flexibility index (Phi) is 4.28. The standard InChI is InChI=1S/C17H17FN2O3S/c1-24(22,23)19-12-6-8-13(9-7-12)20(14-10-11-14)17(21)15-4-2-3-5-16(15)18/h2-9,14,19H,10-11H2,1H3. The maximum atomic E-state index is 13.9. The van der Waals surface area contributed by atoms with Crippen molar-refractivity contribution in [3.8, 4) is 0 Å². The van der Waals surface area contributed by atoms with Crippen molar-refractivity contribution in [2.45, 2.75) is 18.9 Å². The third kappa shape index (κ3) is 3.73. The maximum Gasteiger partial charge on any atom is 0.261 e. The van der Waals surface area contributed by atoms with Gasteiger partial charge in [-0.05, 0) is 49.2 Å². The van der Waals surface area contributed by atoms with Crippen molar-refractivity contribution >= 4 is 27.3 Å². The molecule has 126 valence electrons. The molecule has 0 aliphatic heterocycles. The number of benzene rings is 2. The lowest BCUT2D eigenvalue weighted by Gasteiger charge is -2.23. The highest BCUT2D eigenvalue weighted by molar-refractivity contribution is 7.92. The second kappa shape index (κ2) is 6.24. The van der Waals surface area contributed by atoms with Crippen molar-refractivity contribution in [1.82, 2.24) is 0 Å². The molecule has 1 aliphatic carbocycles. The number of halogens is 1. The van der Waals surface area contributed by atoms with E-state index in [0.717, 1.165) is 19.1 Å². The first-order chi connectivity index (χ1) is 11.3. The van der Waals surface area contributed by atoms with E-state index >= 15 is 0 Å². The monoisotopic (exact) mass is 348 g/mol. The Hall–Kier alpha value is -2.41. The molecule has 5 nitrogen and oxygen atoms in total. The molecule has 0 radical (unpaired) electrons. The normalized spacial score (nSPS) is 14.2. The van der Waals surface area contributed by atoms with E-state index in [-0.39, 0.29) is 17.5 Å². The van der Waals surface area contributed by atoms with Gasteiger partial charge in [-0.1, -0.05) is 12.1 Å². The van der Waals surface area contributed by atoms with Crippen LogP contribution in [0.3, 0.4) is 0 Å². The highest BCUT2D eigenvalue weighted by Crippen LogP contribution is 2.34. The number of amides is 1. The van der Waals surface area contributed by atoms with Gasteiger partial charge in [-0.2, -0.15) is 0 Å². The Morgan fingerprint density at radius 2 is 1.75 bits per heavy atom. The molecule has 0 unspecified atom stereocenters. The van der Waals surface area contributed by atoms with Crippen LogP contribution < -0.4 is 9.62 Å². The third-order valence-electron chi connectivity index (χ3n) is 3.68. The number of anilines is 2. The number of rotatable bonds is 5. The van der Waals surface area contributed by atoms with E-state index in [1.807, 2.05) is 0 Å². The van der Waals surface area contributed by atoms with Gasteiger partial charge in [-0.3, -0.25) is 9.52 Å². The minimum absolute atomic E-state index is 0.0303. The zero-order valence-electron chi connectivity index (χ0n) is 13.1. The van der Waals surface area contributed by atoms with E-state index in [4.69, 9.17) is 0 Å². The zero-order valence-corrected chi connectivity index (χ0v) is 13.9. The van der Waals surface area contributed by atoms with Crippen molar-refractivity contribution in [2.24, 2.45) is 0 Å². The van der Waals surface area contributed by atoms with Crippen molar-refractivity contribution < 1.29 is 17.6 Å². The molecule has 2 aromatic rings. The van der Waals surface area contributed by atoms with Crippen LogP contribution in [-0.4, -0.2) is 26.6 Å². The van der Waals surface area contributed by atoms with Crippen LogP contribution in [-0.2, 0) is 10.0 Å². The van der Waals surface area contributed by atoms with Gasteiger partial charge in [0.25, 0.3) is 5.91 Å². The van der Waals surface area contributed by atoms with Crippen LogP contribution in [0.5, 0.6) is 0 Å². The second-order valence-corrected chi connectivity index (χ2v) is 7.56. The molecule has 7 heteroatoms. The minimum Gasteiger partial charge on any atom is -0.305 e. The van der Waals surface area contributed by atoms with Crippen molar-refractivity contribution in [3.05, 3.63) is 59.9 Å². The molecule has 0 saturated heterocycles. The third-order valence-corrected chi connectivity index (χ3v) is 4.29. The van der Waals surface area contributed by atoms with Gasteiger partial charge in [-0.15, -0.1) is 0 Å². The molecule has 0 atom stereocenters. The Labute approximate surface area is 140 Å². The molecular weight excluding hydrogens is 331 g/mol. The van der Waals surface area contributed by atoms with Crippen LogP contribution in [0.4, 0.5) is 15.8 Å². The Balaban J connectivity index is 1.89. The molecule has 0 bridgehead atoms. The number of sulfonamides is 1. The molecule has 1 N–H and O–H groups in total. The van der Waals surface area contributed by atoms with Gasteiger partial charge < -0.3 is 4.90 Å². The predicted octanol–water partition coefficient (Wildman–Crippen LogP) is 3.01. The van der Waals surface area contributed by atoms with E-state index in [1.54, 1.807) is 41.3 Å². The Morgan fingerprint density at radius 3 is 2.29 bits per heavy atom. The number of hydrogen-bond donors (Lipinski definition) is 1. The van der Waals surface area contributed by atoms with Crippen molar-refractivity contribution in [2.75, 3.05) is 15.9 Å². The van der Waals surface area contributed by atoms with Crippen molar-refractivity contribution in [3.63, 3.8) is 0 Å². The smallest absolute Gasteiger partial charge is 0.261 e. The van der Waals surface area contributed by atoms with E-state index in [2.05, 4.69) is 4.72 Å². The fraction of sp³-hybridized carbons (Fsp3) is 0.235. The number of nitrogens with zero attached hydrogens (tertiary/aromatic N) is 1. The van der Waals surface area contributed by atoms with Gasteiger partial charge in [0.15, 0.2) is 0 Å². The Morgan fingerprint density at radius 1 is 1.12 bits per heavy atom. The summed E-state index contributed by atoms with van der Waals surface area (Å²) in [7, 11) is -3.36. The second-order valence-electron chi connectivity index (χ2n) is 5.81. The molecule has 2 aromatic carbocycles. The maximum absolute atomic E-state index is 13.9. The summed E-state index contributed by atoms with van der Waals surface area (Å²) < 4.78 is 38.8. The van der Waals surface area contributed by atoms with Crippen LogP contribution in [0.15, 0.2) is 48.5 Å². The summed E-state index contributed by atoms with van der Waals surface area (Å²) in [6, 6.07) is 12.4. The quantitative estimate of drug-likeness (QED) is 0.903. The number of nitrogens with one attached hydrogen (secondary N) is 1. The first-order valence-electron chi connectivity index (χ1n) is 7.51. The average Bonchev–Trinajstić information content (AvgIpc) is 3.33. The Bertz CT molecular complexity index is 862. The van der Waals surface area contributed by atoms with Gasteiger partial charge in [0.1, 0.15) is 5.82 Å². The minimum atomic E-state index is -3.36. The molecule has 3 rings (SSSR count). The van der Waals surface area contributed by atoms with Gasteiger partial charge in [-0.25, -0.2) is 12.8 Å². The fourth-order valence-corrected chi connectivity index (χ4v) is 3.06. The van der Waals surface area contributed by atoms with E-state index in [0.29, 0.717) is 11.4 Å². The SMILES string of the molecule is CS(=O)(=O)Nc1ccc(N(C(=O)c2ccccc2F)C2CC2)cc1. The highest BCUT2D eigenvalue weighted by atomic mass is 32.2. The summed E-state index contributed by atoms with van der Waals surface area (Å²) in [5, 5.41) is 0. The largest absolute Gasteiger partial charge is 0.305 e. The van der Waals surface area contributed by atoms with Crippen molar-refractivity contribution in [1.29, 1.82) is 0 Å². The molecular formula is C17H17FN2O3S. The number of carbonyl (C=O) groups is 1. The molecule has 24 heavy (non-hydrogen) atoms. The predicted molar refractivity (Wildman–Crippen MR) is 91.1 cm³/mol. The van der Waals surface area contributed by atoms with Crippen LogP contribution in [0, 0.1) is 5.82 Å². The van der Waals surface area contributed by atoms with Crippen LogP contribution in [0.2, 0.25) is 0 Å². The van der Waals surface area contributed by atoms with Gasteiger partial charge >= 0.3 is 0 Å². The summed E-state index contributed by atoms with van der Waals surface area (Å²) in [5.74, 6) is -0.942. The van der Waals surface area contributed by atoms with Crippen LogP contribution in [0.1, 0.15) is 23.2 Å². The fourth-order valence-electron chi connectivity index (χ4n) is 2.50. The van der Waals surface area contributed by atoms with E-state index in [9.17, 15) is 17.6 Å². The molecule has 0 spiro atoms. The van der Waals surface area contributed by atoms with Crippen LogP contribution >= 0.6 is 0 Å². The van der Waals surface area contributed by atoms with Gasteiger partial charge in [0.2, 0.25) is 10.0 Å². The summed E-state index contributed by atoms with van der Waals surface area (Å²) in [6.07, 6.45) is 2.80. The lowest BCUT2D eigenvalue weighted by atomic mass is 10.1. The molecule has 0 heterocycles. The molecule has 1 aliphatic rings. The van der Waals surface area contributed by atoms with Gasteiger partial charge in [0.05, 0.1) is 11.8 Å². The first-order valence-corrected chi connectivity index (χ1v) is 9.40. The molecule has 1 fully saturated rings. The number of hydrogen-bond acceptors (Lipinski definition) is 3. The summed E-state index contributed by atoms with van der Waals surface area (Å²) >= 11 is 0. The zero-order chi connectivity index (χ0) is 17.3. The summed E-state index contributed by atoms with van der Waals surface area (Å²) in [4.78, 5) is 14.3. The van der Waals surface area contributed by atoms with E-state index in [1.165, 1.54) is 12.1 Å². The van der Waals surface area contributed by atoms with Gasteiger partial charge in [0, 0.05) is 17.4 Å². The molecule has 1 amide bonds. The topological polar surface area (TPSA) is 66.5 Å². The molecule has 1 saturated carbocycles. The average molecular weight is 348 g/mol. The van der Waals surface area contributed by atoms with E-state index < -0.39 is 15.8 Å². The summed E-state index contributed by atoms with van der Waals surface area (Å²) in [5.41, 5.74) is 1.06. The summed E-state index contributed by atoms with van der Waals surface area (Å²) in [6.45, 7) is 0. The van der Waals surface area contributed by atoms with Crippen LogP contribution in [0.25, 0.3) is 0 Å². The number of carbonyl (C=O) groups excluding carboxylic acids is 1.